The quantitative estimate of drug-likeness (QED) is 0.702. The number of amides is 1. The summed E-state index contributed by atoms with van der Waals surface area (Å²) >= 11 is 7.37. The third-order valence-corrected chi connectivity index (χ3v) is 4.44. The van der Waals surface area contributed by atoms with Crippen LogP contribution in [0.15, 0.2) is 58.4 Å². The molecule has 0 aliphatic heterocycles. The first kappa shape index (κ1) is 15.7. The van der Waals surface area contributed by atoms with Gasteiger partial charge in [0.1, 0.15) is 5.76 Å². The predicted octanol–water partition coefficient (Wildman–Crippen LogP) is 4.21. The number of carbonyl (C=O) groups excluding carboxylic acids is 1. The fourth-order valence-electron chi connectivity index (χ4n) is 1.93. The number of furan rings is 1. The second kappa shape index (κ2) is 6.93. The van der Waals surface area contributed by atoms with Crippen molar-refractivity contribution in [3.05, 3.63) is 65.3 Å². The lowest BCUT2D eigenvalue weighted by atomic mass is 10.3. The van der Waals surface area contributed by atoms with Crippen molar-refractivity contribution in [3.63, 3.8) is 0 Å². The van der Waals surface area contributed by atoms with Crippen LogP contribution < -0.4 is 5.32 Å². The second-order valence-corrected chi connectivity index (χ2v) is 6.22. The summed E-state index contributed by atoms with van der Waals surface area (Å²) < 4.78 is 7.52. The average Bonchev–Trinajstić information content (AvgIpc) is 3.16. The maximum Gasteiger partial charge on any atom is 0.291 e. The molecule has 3 aromatic rings. The number of imidazole rings is 1. The van der Waals surface area contributed by atoms with Crippen molar-refractivity contribution in [3.8, 4) is 0 Å². The van der Waals surface area contributed by atoms with E-state index in [4.69, 9.17) is 16.0 Å². The number of thioether (sulfide) groups is 1. The molecule has 3 rings (SSSR count). The van der Waals surface area contributed by atoms with Crippen LogP contribution in [-0.2, 0) is 12.8 Å². The number of anilines is 1. The Morgan fingerprint density at radius 2 is 2.09 bits per heavy atom. The second-order valence-electron chi connectivity index (χ2n) is 4.84. The Bertz CT molecular complexity index is 811. The lowest BCUT2D eigenvalue weighted by Gasteiger charge is -2.03. The maximum atomic E-state index is 12.1. The van der Waals surface area contributed by atoms with E-state index < -0.39 is 0 Å². The molecule has 0 aliphatic carbocycles. The number of rotatable bonds is 5. The molecular weight excluding hydrogens is 334 g/mol. The van der Waals surface area contributed by atoms with Gasteiger partial charge in [0.15, 0.2) is 10.9 Å². The number of aromatic nitrogens is 2. The molecule has 2 aromatic heterocycles. The Labute approximate surface area is 142 Å². The molecule has 23 heavy (non-hydrogen) atoms. The zero-order valence-corrected chi connectivity index (χ0v) is 13.9. The highest BCUT2D eigenvalue weighted by molar-refractivity contribution is 7.98. The summed E-state index contributed by atoms with van der Waals surface area (Å²) in [4.78, 5) is 16.4. The van der Waals surface area contributed by atoms with Crippen molar-refractivity contribution in [2.75, 3.05) is 5.32 Å². The molecule has 7 heteroatoms. The summed E-state index contributed by atoms with van der Waals surface area (Å²) in [5.41, 5.74) is 0.666. The van der Waals surface area contributed by atoms with E-state index in [0.29, 0.717) is 16.5 Å². The van der Waals surface area contributed by atoms with Crippen molar-refractivity contribution in [2.45, 2.75) is 10.9 Å². The highest BCUT2D eigenvalue weighted by Gasteiger charge is 2.12. The summed E-state index contributed by atoms with van der Waals surface area (Å²) in [6, 6.07) is 10.4. The summed E-state index contributed by atoms with van der Waals surface area (Å²) in [7, 11) is 1.93. The van der Waals surface area contributed by atoms with Crippen LogP contribution in [0.4, 0.5) is 5.69 Å². The number of hydrogen-bond donors (Lipinski definition) is 1. The van der Waals surface area contributed by atoms with Gasteiger partial charge in [-0.3, -0.25) is 4.79 Å². The fourth-order valence-corrected chi connectivity index (χ4v) is 2.88. The van der Waals surface area contributed by atoms with Gasteiger partial charge < -0.3 is 14.3 Å². The highest BCUT2D eigenvalue weighted by Crippen LogP contribution is 2.22. The van der Waals surface area contributed by atoms with E-state index in [1.807, 2.05) is 17.8 Å². The van der Waals surface area contributed by atoms with Crippen LogP contribution in [0.2, 0.25) is 5.02 Å². The SMILES string of the molecule is Cn1ccnc1SCc1ccc(C(=O)Nc2ccc(Cl)cc2)o1. The molecule has 0 fully saturated rings. The molecule has 1 aromatic carbocycles. The Morgan fingerprint density at radius 3 is 2.78 bits per heavy atom. The van der Waals surface area contributed by atoms with Gasteiger partial charge in [-0.1, -0.05) is 23.4 Å². The summed E-state index contributed by atoms with van der Waals surface area (Å²) in [5.74, 6) is 1.31. The summed E-state index contributed by atoms with van der Waals surface area (Å²) in [5, 5.41) is 4.28. The minimum Gasteiger partial charge on any atom is -0.455 e. The molecule has 118 valence electrons. The first-order valence-electron chi connectivity index (χ1n) is 6.87. The van der Waals surface area contributed by atoms with Crippen molar-refractivity contribution in [2.24, 2.45) is 7.05 Å². The van der Waals surface area contributed by atoms with Crippen LogP contribution in [0.25, 0.3) is 0 Å². The first-order chi connectivity index (χ1) is 11.1. The number of halogens is 1. The zero-order valence-electron chi connectivity index (χ0n) is 12.3. The molecule has 0 unspecified atom stereocenters. The zero-order chi connectivity index (χ0) is 16.2. The molecule has 1 N–H and O–H groups in total. The molecule has 0 radical (unpaired) electrons. The molecule has 0 atom stereocenters. The summed E-state index contributed by atoms with van der Waals surface area (Å²) in [6.45, 7) is 0. The van der Waals surface area contributed by atoms with Crippen LogP contribution in [0.1, 0.15) is 16.3 Å². The van der Waals surface area contributed by atoms with Gasteiger partial charge >= 0.3 is 0 Å². The van der Waals surface area contributed by atoms with Gasteiger partial charge in [-0.05, 0) is 36.4 Å². The van der Waals surface area contributed by atoms with Crippen molar-refractivity contribution >= 4 is 35.0 Å². The largest absolute Gasteiger partial charge is 0.455 e. The van der Waals surface area contributed by atoms with Crippen LogP contribution in [0.3, 0.4) is 0 Å². The van der Waals surface area contributed by atoms with E-state index >= 15 is 0 Å². The van der Waals surface area contributed by atoms with Gasteiger partial charge in [0.2, 0.25) is 0 Å². The predicted molar refractivity (Wildman–Crippen MR) is 90.9 cm³/mol. The molecule has 0 spiro atoms. The Balaban J connectivity index is 1.60. The van der Waals surface area contributed by atoms with Crippen molar-refractivity contribution in [1.82, 2.24) is 9.55 Å². The van der Waals surface area contributed by atoms with Crippen molar-refractivity contribution < 1.29 is 9.21 Å². The lowest BCUT2D eigenvalue weighted by Crippen LogP contribution is -2.10. The van der Waals surface area contributed by atoms with E-state index in [1.54, 1.807) is 54.4 Å². The lowest BCUT2D eigenvalue weighted by molar-refractivity contribution is 0.0995. The molecule has 0 bridgehead atoms. The molecule has 2 heterocycles. The molecule has 5 nitrogen and oxygen atoms in total. The normalized spacial score (nSPS) is 10.7. The molecule has 1 amide bonds. The van der Waals surface area contributed by atoms with E-state index in [2.05, 4.69) is 10.3 Å². The van der Waals surface area contributed by atoms with E-state index in [9.17, 15) is 4.79 Å². The highest BCUT2D eigenvalue weighted by atomic mass is 35.5. The Kier molecular flexibility index (Phi) is 4.73. The molecule has 0 aliphatic rings. The monoisotopic (exact) mass is 347 g/mol. The van der Waals surface area contributed by atoms with Crippen LogP contribution in [0, 0.1) is 0 Å². The fraction of sp³-hybridized carbons (Fsp3) is 0.125. The van der Waals surface area contributed by atoms with Gasteiger partial charge in [0.05, 0.1) is 5.75 Å². The van der Waals surface area contributed by atoms with E-state index in [-0.39, 0.29) is 11.7 Å². The Morgan fingerprint density at radius 1 is 1.30 bits per heavy atom. The van der Waals surface area contributed by atoms with E-state index in [1.165, 1.54) is 0 Å². The smallest absolute Gasteiger partial charge is 0.291 e. The molecule has 0 saturated carbocycles. The van der Waals surface area contributed by atoms with Crippen molar-refractivity contribution in [1.29, 1.82) is 0 Å². The number of benzene rings is 1. The number of nitrogens with zero attached hydrogens (tertiary/aromatic N) is 2. The minimum absolute atomic E-state index is 0.274. The first-order valence-corrected chi connectivity index (χ1v) is 8.24. The number of hydrogen-bond acceptors (Lipinski definition) is 4. The van der Waals surface area contributed by atoms with Crippen LogP contribution in [-0.4, -0.2) is 15.5 Å². The van der Waals surface area contributed by atoms with Gasteiger partial charge in [0.25, 0.3) is 5.91 Å². The third kappa shape index (κ3) is 3.97. The maximum absolute atomic E-state index is 12.1. The van der Waals surface area contributed by atoms with E-state index in [0.717, 1.165) is 10.9 Å². The molecule has 0 saturated heterocycles. The van der Waals surface area contributed by atoms with Gasteiger partial charge in [-0.15, -0.1) is 0 Å². The average molecular weight is 348 g/mol. The van der Waals surface area contributed by atoms with Gasteiger partial charge in [-0.2, -0.15) is 0 Å². The third-order valence-electron chi connectivity index (χ3n) is 3.11. The van der Waals surface area contributed by atoms with Crippen LogP contribution in [0.5, 0.6) is 0 Å². The number of aryl methyl sites for hydroxylation is 1. The van der Waals surface area contributed by atoms with Crippen LogP contribution >= 0.6 is 23.4 Å². The Hall–Kier alpha value is -2.18. The topological polar surface area (TPSA) is 60.1 Å². The minimum atomic E-state index is -0.291. The standard InChI is InChI=1S/C16H14ClN3O2S/c1-20-9-8-18-16(20)23-10-13-6-7-14(22-13)15(21)19-12-4-2-11(17)3-5-12/h2-9H,10H2,1H3,(H,19,21). The van der Waals surface area contributed by atoms with Gasteiger partial charge in [0, 0.05) is 30.2 Å². The summed E-state index contributed by atoms with van der Waals surface area (Å²) in [6.07, 6.45) is 3.63. The number of carbonyl (C=O) groups is 1. The number of nitrogens with one attached hydrogen (secondary N) is 1. The molecular formula is C16H14ClN3O2S. The van der Waals surface area contributed by atoms with Gasteiger partial charge in [-0.25, -0.2) is 4.98 Å².